The number of amides is 1. The number of hydrogen-bond donors (Lipinski definition) is 0. The molecule has 3 heteroatoms. The van der Waals surface area contributed by atoms with Gasteiger partial charge < -0.3 is 4.90 Å². The Morgan fingerprint density at radius 2 is 1.58 bits per heavy atom. The van der Waals surface area contributed by atoms with E-state index in [1.807, 2.05) is 41.3 Å². The lowest BCUT2D eigenvalue weighted by molar-refractivity contribution is -0.132. The Balaban J connectivity index is 1.81. The minimum atomic E-state index is 0.0586. The summed E-state index contributed by atoms with van der Waals surface area (Å²) < 4.78 is 0. The predicted octanol–water partition coefficient (Wildman–Crippen LogP) is 4.11. The van der Waals surface area contributed by atoms with Crippen molar-refractivity contribution in [3.8, 4) is 6.07 Å². The molecule has 2 aromatic carbocycles. The Morgan fingerprint density at radius 3 is 2.04 bits per heavy atom. The normalized spacial score (nSPS) is 13.5. The van der Waals surface area contributed by atoms with Crippen molar-refractivity contribution in [2.45, 2.75) is 37.6 Å². The lowest BCUT2D eigenvalue weighted by atomic mass is 9.88. The van der Waals surface area contributed by atoms with Crippen LogP contribution in [0.3, 0.4) is 0 Å². The van der Waals surface area contributed by atoms with Crippen LogP contribution in [0.4, 0.5) is 0 Å². The van der Waals surface area contributed by atoms with Gasteiger partial charge in [0, 0.05) is 24.9 Å². The number of carbonyl (C=O) groups is 1. The van der Waals surface area contributed by atoms with Crippen LogP contribution < -0.4 is 0 Å². The molecule has 1 amide bonds. The van der Waals surface area contributed by atoms with Gasteiger partial charge in [0.05, 0.1) is 12.5 Å². The summed E-state index contributed by atoms with van der Waals surface area (Å²) in [4.78, 5) is 14.8. The Bertz CT molecular complexity index is 662. The fourth-order valence-electron chi connectivity index (χ4n) is 3.16. The Kier molecular flexibility index (Phi) is 5.28. The summed E-state index contributed by atoms with van der Waals surface area (Å²) in [7, 11) is 0. The topological polar surface area (TPSA) is 44.1 Å². The van der Waals surface area contributed by atoms with Crippen LogP contribution in [0.1, 0.15) is 42.7 Å². The summed E-state index contributed by atoms with van der Waals surface area (Å²) in [5.74, 6) is 0.216. The fraction of sp³-hybridized carbons (Fsp3) is 0.333. The number of rotatable bonds is 7. The summed E-state index contributed by atoms with van der Waals surface area (Å²) >= 11 is 0. The molecule has 3 rings (SSSR count). The van der Waals surface area contributed by atoms with Crippen LogP contribution in [0.15, 0.2) is 60.7 Å². The molecule has 3 nitrogen and oxygen atoms in total. The van der Waals surface area contributed by atoms with Gasteiger partial charge in [0.25, 0.3) is 0 Å². The minimum Gasteiger partial charge on any atom is -0.339 e. The van der Waals surface area contributed by atoms with Crippen LogP contribution in [0.25, 0.3) is 0 Å². The van der Waals surface area contributed by atoms with Gasteiger partial charge in [-0.2, -0.15) is 5.26 Å². The van der Waals surface area contributed by atoms with Gasteiger partial charge in [-0.05, 0) is 24.0 Å². The number of carbonyl (C=O) groups excluding carboxylic acids is 1. The van der Waals surface area contributed by atoms with E-state index in [0.29, 0.717) is 25.4 Å². The highest BCUT2D eigenvalue weighted by Crippen LogP contribution is 2.32. The van der Waals surface area contributed by atoms with Crippen molar-refractivity contribution in [3.63, 3.8) is 0 Å². The first-order valence-electron chi connectivity index (χ1n) is 8.56. The highest BCUT2D eigenvalue weighted by atomic mass is 16.2. The third kappa shape index (κ3) is 4.02. The largest absolute Gasteiger partial charge is 0.339 e. The molecule has 122 valence electrons. The Morgan fingerprint density at radius 1 is 1.04 bits per heavy atom. The quantitative estimate of drug-likeness (QED) is 0.771. The zero-order chi connectivity index (χ0) is 16.8. The van der Waals surface area contributed by atoms with E-state index in [1.165, 1.54) is 0 Å². The molecule has 0 aliphatic heterocycles. The van der Waals surface area contributed by atoms with E-state index in [9.17, 15) is 4.79 Å². The van der Waals surface area contributed by atoms with Crippen molar-refractivity contribution >= 4 is 5.91 Å². The second-order valence-corrected chi connectivity index (χ2v) is 6.30. The minimum absolute atomic E-state index is 0.0586. The summed E-state index contributed by atoms with van der Waals surface area (Å²) in [6.45, 7) is 0.552. The van der Waals surface area contributed by atoms with Crippen LogP contribution in [-0.4, -0.2) is 23.4 Å². The summed E-state index contributed by atoms with van der Waals surface area (Å²) in [6, 6.07) is 22.9. The second kappa shape index (κ2) is 7.79. The lowest BCUT2D eigenvalue weighted by Crippen LogP contribution is -2.34. The number of nitriles is 1. The van der Waals surface area contributed by atoms with E-state index in [-0.39, 0.29) is 11.8 Å². The van der Waals surface area contributed by atoms with E-state index >= 15 is 0 Å². The zero-order valence-electron chi connectivity index (χ0n) is 13.8. The first kappa shape index (κ1) is 16.3. The van der Waals surface area contributed by atoms with Gasteiger partial charge in [-0.3, -0.25) is 4.79 Å². The SMILES string of the molecule is N#CCCN(C(=O)CC(c1ccccc1)c1ccccc1)C1CC1. The van der Waals surface area contributed by atoms with Crippen LogP contribution in [0.5, 0.6) is 0 Å². The zero-order valence-corrected chi connectivity index (χ0v) is 13.8. The lowest BCUT2D eigenvalue weighted by Gasteiger charge is -2.25. The number of nitrogens with zero attached hydrogens (tertiary/aromatic N) is 2. The van der Waals surface area contributed by atoms with Crippen molar-refractivity contribution in [1.82, 2.24) is 4.90 Å². The second-order valence-electron chi connectivity index (χ2n) is 6.30. The number of benzene rings is 2. The predicted molar refractivity (Wildman–Crippen MR) is 94.3 cm³/mol. The average Bonchev–Trinajstić information content (AvgIpc) is 3.46. The van der Waals surface area contributed by atoms with Crippen molar-refractivity contribution < 1.29 is 4.79 Å². The molecule has 2 aromatic rings. The van der Waals surface area contributed by atoms with E-state index in [0.717, 1.165) is 24.0 Å². The van der Waals surface area contributed by atoms with Gasteiger partial charge in [-0.1, -0.05) is 60.7 Å². The molecule has 0 atom stereocenters. The van der Waals surface area contributed by atoms with Gasteiger partial charge in [0.15, 0.2) is 0 Å². The molecule has 0 saturated heterocycles. The van der Waals surface area contributed by atoms with E-state index in [2.05, 4.69) is 30.3 Å². The molecule has 1 aliphatic rings. The third-order valence-electron chi connectivity index (χ3n) is 4.56. The monoisotopic (exact) mass is 318 g/mol. The third-order valence-corrected chi connectivity index (χ3v) is 4.56. The standard InChI is InChI=1S/C21H22N2O/c22-14-7-15-23(19-12-13-19)21(24)16-20(17-8-3-1-4-9-17)18-10-5-2-6-11-18/h1-6,8-11,19-20H,7,12-13,15-16H2. The molecule has 0 spiro atoms. The van der Waals surface area contributed by atoms with Crippen molar-refractivity contribution in [2.24, 2.45) is 0 Å². The molecule has 0 N–H and O–H groups in total. The smallest absolute Gasteiger partial charge is 0.223 e. The van der Waals surface area contributed by atoms with Crippen LogP contribution >= 0.6 is 0 Å². The maximum Gasteiger partial charge on any atom is 0.223 e. The Labute approximate surface area is 143 Å². The molecule has 0 bridgehead atoms. The molecule has 24 heavy (non-hydrogen) atoms. The van der Waals surface area contributed by atoms with Crippen molar-refractivity contribution in [2.75, 3.05) is 6.54 Å². The van der Waals surface area contributed by atoms with Crippen molar-refractivity contribution in [3.05, 3.63) is 71.8 Å². The molecular formula is C21H22N2O. The molecule has 0 unspecified atom stereocenters. The van der Waals surface area contributed by atoms with Gasteiger partial charge in [-0.25, -0.2) is 0 Å². The van der Waals surface area contributed by atoms with Gasteiger partial charge in [0.2, 0.25) is 5.91 Å². The molecular weight excluding hydrogens is 296 g/mol. The van der Waals surface area contributed by atoms with Crippen LogP contribution in [-0.2, 0) is 4.79 Å². The maximum atomic E-state index is 12.9. The van der Waals surface area contributed by atoms with Crippen molar-refractivity contribution in [1.29, 1.82) is 5.26 Å². The molecule has 0 aromatic heterocycles. The molecule has 1 saturated carbocycles. The van der Waals surface area contributed by atoms with Crippen LogP contribution in [0, 0.1) is 11.3 Å². The molecule has 1 aliphatic carbocycles. The highest BCUT2D eigenvalue weighted by Gasteiger charge is 2.33. The Hall–Kier alpha value is -2.60. The highest BCUT2D eigenvalue weighted by molar-refractivity contribution is 5.78. The molecule has 1 fully saturated rings. The van der Waals surface area contributed by atoms with Crippen LogP contribution in [0.2, 0.25) is 0 Å². The van der Waals surface area contributed by atoms with E-state index < -0.39 is 0 Å². The van der Waals surface area contributed by atoms with Gasteiger partial charge >= 0.3 is 0 Å². The van der Waals surface area contributed by atoms with E-state index in [4.69, 9.17) is 5.26 Å². The first-order chi connectivity index (χ1) is 11.8. The summed E-state index contributed by atoms with van der Waals surface area (Å²) in [5.41, 5.74) is 2.32. The molecule has 0 heterocycles. The molecule has 0 radical (unpaired) electrons. The van der Waals surface area contributed by atoms with E-state index in [1.54, 1.807) is 0 Å². The first-order valence-corrected chi connectivity index (χ1v) is 8.56. The summed E-state index contributed by atoms with van der Waals surface area (Å²) in [5, 5.41) is 8.85. The number of hydrogen-bond acceptors (Lipinski definition) is 2. The fourth-order valence-corrected chi connectivity index (χ4v) is 3.16. The maximum absolute atomic E-state index is 12.9. The van der Waals surface area contributed by atoms with Gasteiger partial charge in [0.1, 0.15) is 0 Å². The van der Waals surface area contributed by atoms with Gasteiger partial charge in [-0.15, -0.1) is 0 Å². The average molecular weight is 318 g/mol. The summed E-state index contributed by atoms with van der Waals surface area (Å²) in [6.07, 6.45) is 3.00.